The predicted molar refractivity (Wildman–Crippen MR) is 82.6 cm³/mol. The minimum Gasteiger partial charge on any atom is -0.309 e. The SMILES string of the molecule is CCC1(CC)CN(CCc2ccccc2C)CCN1. The number of benzene rings is 1. The van der Waals surface area contributed by atoms with Gasteiger partial charge in [-0.3, -0.25) is 4.90 Å². The van der Waals surface area contributed by atoms with E-state index in [1.807, 2.05) is 0 Å². The topological polar surface area (TPSA) is 15.3 Å². The van der Waals surface area contributed by atoms with Gasteiger partial charge in [0.05, 0.1) is 0 Å². The lowest BCUT2D eigenvalue weighted by atomic mass is 9.90. The largest absolute Gasteiger partial charge is 0.309 e. The number of aryl methyl sites for hydroxylation is 1. The first-order chi connectivity index (χ1) is 9.19. The Morgan fingerprint density at radius 3 is 2.63 bits per heavy atom. The van der Waals surface area contributed by atoms with Gasteiger partial charge in [0, 0.05) is 31.7 Å². The number of nitrogens with zero attached hydrogens (tertiary/aromatic N) is 1. The minimum atomic E-state index is 0.351. The molecule has 106 valence electrons. The van der Waals surface area contributed by atoms with Gasteiger partial charge < -0.3 is 5.32 Å². The summed E-state index contributed by atoms with van der Waals surface area (Å²) in [5, 5.41) is 3.73. The van der Waals surface area contributed by atoms with Crippen molar-refractivity contribution in [2.24, 2.45) is 0 Å². The van der Waals surface area contributed by atoms with Gasteiger partial charge in [-0.15, -0.1) is 0 Å². The quantitative estimate of drug-likeness (QED) is 0.875. The molecule has 1 aromatic rings. The standard InChI is InChI=1S/C17H28N2/c1-4-17(5-2)14-19(13-11-18-17)12-10-16-9-7-6-8-15(16)3/h6-9,18H,4-5,10-14H2,1-3H3. The van der Waals surface area contributed by atoms with E-state index in [4.69, 9.17) is 0 Å². The predicted octanol–water partition coefficient (Wildman–Crippen LogP) is 3.00. The fraction of sp³-hybridized carbons (Fsp3) is 0.647. The maximum atomic E-state index is 3.73. The number of rotatable bonds is 5. The summed E-state index contributed by atoms with van der Waals surface area (Å²) in [5.41, 5.74) is 3.28. The molecule has 0 radical (unpaired) electrons. The van der Waals surface area contributed by atoms with Crippen LogP contribution in [0.25, 0.3) is 0 Å². The summed E-state index contributed by atoms with van der Waals surface area (Å²) in [6.45, 7) is 11.5. The third-order valence-corrected chi connectivity index (χ3v) is 4.77. The molecule has 1 fully saturated rings. The van der Waals surface area contributed by atoms with Crippen LogP contribution in [0.4, 0.5) is 0 Å². The van der Waals surface area contributed by atoms with Crippen LogP contribution in [-0.2, 0) is 6.42 Å². The van der Waals surface area contributed by atoms with E-state index in [0.29, 0.717) is 5.54 Å². The molecule has 1 aromatic carbocycles. The van der Waals surface area contributed by atoms with E-state index in [1.54, 1.807) is 0 Å². The Balaban J connectivity index is 1.91. The van der Waals surface area contributed by atoms with Crippen molar-refractivity contribution < 1.29 is 0 Å². The second-order valence-corrected chi connectivity index (χ2v) is 5.87. The molecule has 0 aliphatic carbocycles. The Hall–Kier alpha value is -0.860. The van der Waals surface area contributed by atoms with Crippen molar-refractivity contribution in [3.63, 3.8) is 0 Å². The highest BCUT2D eigenvalue weighted by molar-refractivity contribution is 5.25. The molecule has 0 bridgehead atoms. The van der Waals surface area contributed by atoms with Crippen molar-refractivity contribution in [3.8, 4) is 0 Å². The normalized spacial score (nSPS) is 19.5. The van der Waals surface area contributed by atoms with Crippen LogP contribution in [0.5, 0.6) is 0 Å². The van der Waals surface area contributed by atoms with E-state index in [2.05, 4.69) is 55.3 Å². The van der Waals surface area contributed by atoms with E-state index in [9.17, 15) is 0 Å². The van der Waals surface area contributed by atoms with Crippen LogP contribution in [0.2, 0.25) is 0 Å². The van der Waals surface area contributed by atoms with Gasteiger partial charge in [-0.05, 0) is 37.3 Å². The van der Waals surface area contributed by atoms with Crippen LogP contribution in [0.1, 0.15) is 37.8 Å². The smallest absolute Gasteiger partial charge is 0.0304 e. The van der Waals surface area contributed by atoms with Crippen LogP contribution < -0.4 is 5.32 Å². The molecule has 0 spiro atoms. The Morgan fingerprint density at radius 2 is 1.95 bits per heavy atom. The highest BCUT2D eigenvalue weighted by Crippen LogP contribution is 2.20. The molecule has 2 heteroatoms. The summed E-state index contributed by atoms with van der Waals surface area (Å²) in [5.74, 6) is 0. The average Bonchev–Trinajstić information content (AvgIpc) is 2.46. The number of nitrogens with one attached hydrogen (secondary N) is 1. The molecule has 1 aliphatic rings. The van der Waals surface area contributed by atoms with Crippen molar-refractivity contribution in [2.45, 2.75) is 45.6 Å². The summed E-state index contributed by atoms with van der Waals surface area (Å²) in [7, 11) is 0. The Bertz CT molecular complexity index is 396. The Labute approximate surface area is 118 Å². The number of piperazine rings is 1. The van der Waals surface area contributed by atoms with E-state index >= 15 is 0 Å². The van der Waals surface area contributed by atoms with E-state index in [-0.39, 0.29) is 0 Å². The van der Waals surface area contributed by atoms with Crippen LogP contribution in [0.3, 0.4) is 0 Å². The summed E-state index contributed by atoms with van der Waals surface area (Å²) in [6.07, 6.45) is 3.63. The first kappa shape index (κ1) is 14.5. The first-order valence-electron chi connectivity index (χ1n) is 7.71. The van der Waals surface area contributed by atoms with Crippen LogP contribution in [0, 0.1) is 6.92 Å². The van der Waals surface area contributed by atoms with Crippen molar-refractivity contribution >= 4 is 0 Å². The van der Waals surface area contributed by atoms with Crippen molar-refractivity contribution in [3.05, 3.63) is 35.4 Å². The van der Waals surface area contributed by atoms with Crippen LogP contribution in [0.15, 0.2) is 24.3 Å². The molecule has 0 atom stereocenters. The average molecular weight is 260 g/mol. The lowest BCUT2D eigenvalue weighted by molar-refractivity contribution is 0.125. The molecule has 1 saturated heterocycles. The zero-order chi connectivity index (χ0) is 13.7. The summed E-state index contributed by atoms with van der Waals surface area (Å²) in [4.78, 5) is 2.63. The molecular weight excluding hydrogens is 232 g/mol. The third-order valence-electron chi connectivity index (χ3n) is 4.77. The summed E-state index contributed by atoms with van der Waals surface area (Å²) in [6, 6.07) is 8.77. The van der Waals surface area contributed by atoms with Gasteiger partial charge in [-0.25, -0.2) is 0 Å². The molecule has 0 saturated carbocycles. The van der Waals surface area contributed by atoms with Crippen LogP contribution in [-0.4, -0.2) is 36.6 Å². The highest BCUT2D eigenvalue weighted by Gasteiger charge is 2.31. The van der Waals surface area contributed by atoms with Gasteiger partial charge in [0.2, 0.25) is 0 Å². The molecule has 1 N–H and O–H groups in total. The maximum absolute atomic E-state index is 3.73. The van der Waals surface area contributed by atoms with Gasteiger partial charge in [-0.2, -0.15) is 0 Å². The molecule has 0 amide bonds. The number of hydrogen-bond acceptors (Lipinski definition) is 2. The Kier molecular flexibility index (Phi) is 5.00. The van der Waals surface area contributed by atoms with E-state index in [1.165, 1.54) is 50.0 Å². The van der Waals surface area contributed by atoms with E-state index < -0.39 is 0 Å². The third kappa shape index (κ3) is 3.58. The second-order valence-electron chi connectivity index (χ2n) is 5.87. The molecule has 0 aromatic heterocycles. The molecule has 2 nitrogen and oxygen atoms in total. The molecule has 2 rings (SSSR count). The maximum Gasteiger partial charge on any atom is 0.0304 e. The van der Waals surface area contributed by atoms with Crippen molar-refractivity contribution in [1.82, 2.24) is 10.2 Å². The van der Waals surface area contributed by atoms with Crippen LogP contribution >= 0.6 is 0 Å². The summed E-state index contributed by atoms with van der Waals surface area (Å²) >= 11 is 0. The Morgan fingerprint density at radius 1 is 1.21 bits per heavy atom. The molecule has 1 heterocycles. The van der Waals surface area contributed by atoms with E-state index in [0.717, 1.165) is 6.54 Å². The lowest BCUT2D eigenvalue weighted by Crippen LogP contribution is -2.60. The second kappa shape index (κ2) is 6.53. The number of hydrogen-bond donors (Lipinski definition) is 1. The fourth-order valence-corrected chi connectivity index (χ4v) is 3.13. The monoisotopic (exact) mass is 260 g/mol. The highest BCUT2D eigenvalue weighted by atomic mass is 15.2. The van der Waals surface area contributed by atoms with Gasteiger partial charge in [0.1, 0.15) is 0 Å². The van der Waals surface area contributed by atoms with Gasteiger partial charge in [0.15, 0.2) is 0 Å². The van der Waals surface area contributed by atoms with Crippen molar-refractivity contribution in [1.29, 1.82) is 0 Å². The molecular formula is C17H28N2. The van der Waals surface area contributed by atoms with Gasteiger partial charge >= 0.3 is 0 Å². The zero-order valence-corrected chi connectivity index (χ0v) is 12.7. The lowest BCUT2D eigenvalue weighted by Gasteiger charge is -2.43. The fourth-order valence-electron chi connectivity index (χ4n) is 3.13. The minimum absolute atomic E-state index is 0.351. The zero-order valence-electron chi connectivity index (χ0n) is 12.7. The molecule has 0 unspecified atom stereocenters. The molecule has 19 heavy (non-hydrogen) atoms. The van der Waals surface area contributed by atoms with Gasteiger partial charge in [-0.1, -0.05) is 38.1 Å². The summed E-state index contributed by atoms with van der Waals surface area (Å²) < 4.78 is 0. The van der Waals surface area contributed by atoms with Gasteiger partial charge in [0.25, 0.3) is 0 Å². The molecule has 1 aliphatic heterocycles. The van der Waals surface area contributed by atoms with Crippen molar-refractivity contribution in [2.75, 3.05) is 26.2 Å². The first-order valence-corrected chi connectivity index (χ1v) is 7.71.